The Morgan fingerprint density at radius 1 is 1.20 bits per heavy atom. The molecule has 0 bridgehead atoms. The molecule has 0 heterocycles. The van der Waals surface area contributed by atoms with Gasteiger partial charge in [-0.3, -0.25) is 0 Å². The fraction of sp³-hybridized carbons (Fsp3) is 0.857. The zero-order valence-electron chi connectivity index (χ0n) is 10.9. The number of nitrogens with one attached hydrogen (secondary N) is 1. The van der Waals surface area contributed by atoms with Gasteiger partial charge in [-0.25, -0.2) is 0 Å². The molecular weight excluding hydrogens is 182 g/mol. The van der Waals surface area contributed by atoms with Crippen molar-refractivity contribution in [3.05, 3.63) is 0 Å². The Hall–Kier alpha value is -0.480. The highest BCUT2D eigenvalue weighted by atomic mass is 14.9. The van der Waals surface area contributed by atoms with Crippen molar-refractivity contribution in [1.29, 1.82) is 0 Å². The molecule has 0 aromatic carbocycles. The van der Waals surface area contributed by atoms with E-state index in [-0.39, 0.29) is 6.04 Å². The van der Waals surface area contributed by atoms with E-state index in [1.165, 1.54) is 19.3 Å². The van der Waals surface area contributed by atoms with Crippen LogP contribution in [0.1, 0.15) is 53.9 Å². The Kier molecular flexibility index (Phi) is 3.51. The molecule has 0 amide bonds. The van der Waals surface area contributed by atoms with Gasteiger partial charge in [-0.2, -0.15) is 0 Å². The number of hydrogen-bond acceptors (Lipinski definition) is 1. The summed E-state index contributed by atoms with van der Waals surface area (Å²) >= 11 is 0. The molecule has 1 aliphatic carbocycles. The lowest BCUT2D eigenvalue weighted by Gasteiger charge is -2.45. The second-order valence-electron chi connectivity index (χ2n) is 6.67. The lowest BCUT2D eigenvalue weighted by molar-refractivity contribution is 0.0836. The third kappa shape index (κ3) is 3.87. The maximum Gasteiger partial charge on any atom is 0.0660 e. The molecule has 0 aromatic heterocycles. The first kappa shape index (κ1) is 12.6. The molecule has 0 aromatic rings. The van der Waals surface area contributed by atoms with Crippen molar-refractivity contribution in [1.82, 2.24) is 5.32 Å². The average Bonchev–Trinajstić information content (AvgIpc) is 1.97. The minimum Gasteiger partial charge on any atom is -0.301 e. The maximum absolute atomic E-state index is 5.41. The van der Waals surface area contributed by atoms with Crippen LogP contribution in [0.3, 0.4) is 0 Å². The smallest absolute Gasteiger partial charge is 0.0660 e. The standard InChI is InChI=1S/C14H25N/c1-7-11(2)15-12-8-13(3,4)10-14(5,6)9-12/h1,11-12,15H,8-10H2,2-6H3. The summed E-state index contributed by atoms with van der Waals surface area (Å²) in [4.78, 5) is 0. The van der Waals surface area contributed by atoms with Crippen molar-refractivity contribution in [3.8, 4) is 12.3 Å². The highest BCUT2D eigenvalue weighted by Gasteiger charge is 2.38. The van der Waals surface area contributed by atoms with Crippen LogP contribution in [0.2, 0.25) is 0 Å². The minimum absolute atomic E-state index is 0.194. The molecule has 1 rings (SSSR count). The molecule has 1 aliphatic rings. The Labute approximate surface area is 95.0 Å². The quantitative estimate of drug-likeness (QED) is 0.686. The van der Waals surface area contributed by atoms with Gasteiger partial charge in [-0.15, -0.1) is 6.42 Å². The van der Waals surface area contributed by atoms with Crippen LogP contribution in [0.5, 0.6) is 0 Å². The first-order valence-corrected chi connectivity index (χ1v) is 5.96. The third-order valence-electron chi connectivity index (χ3n) is 3.29. The summed E-state index contributed by atoms with van der Waals surface area (Å²) in [6, 6.07) is 0.773. The van der Waals surface area contributed by atoms with Crippen molar-refractivity contribution in [2.45, 2.75) is 66.0 Å². The molecule has 86 valence electrons. The average molecular weight is 207 g/mol. The summed E-state index contributed by atoms with van der Waals surface area (Å²) in [5.74, 6) is 2.76. The monoisotopic (exact) mass is 207 g/mol. The first-order valence-electron chi connectivity index (χ1n) is 5.96. The molecule has 0 radical (unpaired) electrons. The van der Waals surface area contributed by atoms with E-state index in [0.29, 0.717) is 16.9 Å². The van der Waals surface area contributed by atoms with Crippen molar-refractivity contribution in [2.24, 2.45) is 10.8 Å². The summed E-state index contributed by atoms with van der Waals surface area (Å²) in [7, 11) is 0. The van der Waals surface area contributed by atoms with E-state index in [4.69, 9.17) is 6.42 Å². The number of rotatable bonds is 2. The first-order chi connectivity index (χ1) is 6.74. The van der Waals surface area contributed by atoms with Crippen LogP contribution in [-0.2, 0) is 0 Å². The van der Waals surface area contributed by atoms with Gasteiger partial charge in [0.1, 0.15) is 0 Å². The van der Waals surface area contributed by atoms with Crippen molar-refractivity contribution >= 4 is 0 Å². The second-order valence-corrected chi connectivity index (χ2v) is 6.67. The van der Waals surface area contributed by atoms with Crippen LogP contribution in [0.25, 0.3) is 0 Å². The SMILES string of the molecule is C#CC(C)NC1CC(C)(C)CC(C)(C)C1. The van der Waals surface area contributed by atoms with Crippen LogP contribution in [0, 0.1) is 23.2 Å². The van der Waals surface area contributed by atoms with E-state index in [2.05, 4.69) is 45.9 Å². The topological polar surface area (TPSA) is 12.0 Å². The fourth-order valence-corrected chi connectivity index (χ4v) is 3.37. The van der Waals surface area contributed by atoms with E-state index >= 15 is 0 Å². The Morgan fingerprint density at radius 2 is 1.67 bits per heavy atom. The number of hydrogen-bond donors (Lipinski definition) is 1. The molecule has 1 unspecified atom stereocenters. The highest BCUT2D eigenvalue weighted by Crippen LogP contribution is 2.45. The number of terminal acetylenes is 1. The van der Waals surface area contributed by atoms with Crippen LogP contribution >= 0.6 is 0 Å². The summed E-state index contributed by atoms with van der Waals surface area (Å²) in [6.07, 6.45) is 9.20. The summed E-state index contributed by atoms with van der Waals surface area (Å²) in [5.41, 5.74) is 0.876. The van der Waals surface area contributed by atoms with Gasteiger partial charge in [0.2, 0.25) is 0 Å². The molecule has 1 N–H and O–H groups in total. The van der Waals surface area contributed by atoms with Gasteiger partial charge in [0, 0.05) is 6.04 Å². The molecule has 1 saturated carbocycles. The molecular formula is C14H25N. The zero-order valence-corrected chi connectivity index (χ0v) is 10.9. The van der Waals surface area contributed by atoms with Gasteiger partial charge < -0.3 is 5.32 Å². The summed E-state index contributed by atoms with van der Waals surface area (Å²) < 4.78 is 0. The molecule has 0 saturated heterocycles. The predicted octanol–water partition coefficient (Wildman–Crippen LogP) is 3.20. The van der Waals surface area contributed by atoms with Crippen LogP contribution in [0.15, 0.2) is 0 Å². The van der Waals surface area contributed by atoms with Gasteiger partial charge >= 0.3 is 0 Å². The molecule has 1 nitrogen and oxygen atoms in total. The minimum atomic E-state index is 0.194. The third-order valence-corrected chi connectivity index (χ3v) is 3.29. The van der Waals surface area contributed by atoms with Gasteiger partial charge in [-0.05, 0) is 37.0 Å². The maximum atomic E-state index is 5.41. The molecule has 0 spiro atoms. The van der Waals surface area contributed by atoms with Crippen LogP contribution in [0.4, 0.5) is 0 Å². The zero-order chi connectivity index (χ0) is 11.7. The molecule has 15 heavy (non-hydrogen) atoms. The van der Waals surface area contributed by atoms with Crippen molar-refractivity contribution in [3.63, 3.8) is 0 Å². The molecule has 1 heteroatoms. The lowest BCUT2D eigenvalue weighted by Crippen LogP contribution is -2.46. The van der Waals surface area contributed by atoms with Gasteiger partial charge in [0.15, 0.2) is 0 Å². The van der Waals surface area contributed by atoms with Crippen molar-refractivity contribution in [2.75, 3.05) is 0 Å². The molecule has 0 aliphatic heterocycles. The predicted molar refractivity (Wildman–Crippen MR) is 66.6 cm³/mol. The molecule has 1 atom stereocenters. The largest absolute Gasteiger partial charge is 0.301 e. The fourth-order valence-electron chi connectivity index (χ4n) is 3.37. The Balaban J connectivity index is 2.64. The normalized spacial score (nSPS) is 26.9. The van der Waals surface area contributed by atoms with Crippen LogP contribution in [-0.4, -0.2) is 12.1 Å². The summed E-state index contributed by atoms with van der Waals surface area (Å²) in [5, 5.41) is 3.54. The molecule has 1 fully saturated rings. The van der Waals surface area contributed by atoms with E-state index in [9.17, 15) is 0 Å². The lowest BCUT2D eigenvalue weighted by atomic mass is 9.63. The van der Waals surface area contributed by atoms with E-state index in [1.54, 1.807) is 0 Å². The second kappa shape index (κ2) is 4.18. The Morgan fingerprint density at radius 3 is 2.07 bits per heavy atom. The van der Waals surface area contributed by atoms with E-state index in [0.717, 1.165) is 0 Å². The Bertz CT molecular complexity index is 241. The van der Waals surface area contributed by atoms with E-state index < -0.39 is 0 Å². The summed E-state index contributed by atoms with van der Waals surface area (Å²) in [6.45, 7) is 11.5. The van der Waals surface area contributed by atoms with Crippen molar-refractivity contribution < 1.29 is 0 Å². The highest BCUT2D eigenvalue weighted by molar-refractivity contribution is 5.00. The van der Waals surface area contributed by atoms with Gasteiger partial charge in [0.05, 0.1) is 6.04 Å². The van der Waals surface area contributed by atoms with E-state index in [1.807, 2.05) is 0 Å². The van der Waals surface area contributed by atoms with Crippen LogP contribution < -0.4 is 5.32 Å². The van der Waals surface area contributed by atoms with Gasteiger partial charge in [0.25, 0.3) is 0 Å². The van der Waals surface area contributed by atoms with Gasteiger partial charge in [-0.1, -0.05) is 33.6 Å².